The van der Waals surface area contributed by atoms with Crippen LogP contribution in [0.3, 0.4) is 0 Å². The average molecular weight is 517 g/mol. The number of anilines is 2. The van der Waals surface area contributed by atoms with Crippen molar-refractivity contribution in [2.45, 2.75) is 50.1 Å². The van der Waals surface area contributed by atoms with Crippen molar-refractivity contribution in [3.8, 4) is 23.0 Å². The summed E-state index contributed by atoms with van der Waals surface area (Å²) in [7, 11) is 0. The molecule has 8 nitrogen and oxygen atoms in total. The van der Waals surface area contributed by atoms with Crippen LogP contribution in [0.1, 0.15) is 22.3 Å². The van der Waals surface area contributed by atoms with Crippen molar-refractivity contribution in [2.24, 2.45) is 0 Å². The Hall–Kier alpha value is -3.30. The summed E-state index contributed by atoms with van der Waals surface area (Å²) in [4.78, 5) is 0. The van der Waals surface area contributed by atoms with Gasteiger partial charge in [-0.2, -0.15) is 0 Å². The van der Waals surface area contributed by atoms with Crippen LogP contribution in [-0.4, -0.2) is 50.8 Å². The quantitative estimate of drug-likeness (QED) is 0.271. The maximum Gasteiger partial charge on any atom is 0.138 e. The number of hydrogen-bond acceptors (Lipinski definition) is 8. The van der Waals surface area contributed by atoms with Crippen molar-refractivity contribution < 1.29 is 28.4 Å². The third kappa shape index (κ3) is 5.59. The Balaban J connectivity index is 1.42. The predicted molar refractivity (Wildman–Crippen MR) is 142 cm³/mol. The van der Waals surface area contributed by atoms with Crippen molar-refractivity contribution in [3.63, 3.8) is 0 Å². The molecule has 4 heterocycles. The second kappa shape index (κ2) is 9.78. The lowest BCUT2D eigenvalue weighted by Crippen LogP contribution is -2.15. The minimum Gasteiger partial charge on any atom is -0.457 e. The third-order valence-electron chi connectivity index (χ3n) is 7.36. The highest BCUT2D eigenvalue weighted by atomic mass is 16.6. The summed E-state index contributed by atoms with van der Waals surface area (Å²) in [6.45, 7) is 3.00. The Bertz CT molecular complexity index is 1220. The first kappa shape index (κ1) is 23.8. The highest BCUT2D eigenvalue weighted by Crippen LogP contribution is 2.48. The van der Waals surface area contributed by atoms with Gasteiger partial charge in [0, 0.05) is 53.7 Å². The molecule has 0 aliphatic carbocycles. The second-order valence-corrected chi connectivity index (χ2v) is 10.6. The summed E-state index contributed by atoms with van der Waals surface area (Å²) >= 11 is 0. The van der Waals surface area contributed by atoms with Crippen LogP contribution >= 0.6 is 0 Å². The summed E-state index contributed by atoms with van der Waals surface area (Å²) in [5, 5.41) is 0. The van der Waals surface area contributed by atoms with Gasteiger partial charge in [-0.25, -0.2) is 0 Å². The van der Waals surface area contributed by atoms with E-state index >= 15 is 0 Å². The maximum atomic E-state index is 6.73. The van der Waals surface area contributed by atoms with Crippen LogP contribution in [0.2, 0.25) is 0 Å². The molecule has 3 aromatic rings. The Morgan fingerprint density at radius 3 is 1.16 bits per heavy atom. The maximum absolute atomic E-state index is 6.73. The molecule has 4 aliphatic rings. The molecule has 3 aromatic carbocycles. The van der Waals surface area contributed by atoms with Gasteiger partial charge in [0.25, 0.3) is 0 Å². The average Bonchev–Trinajstić information content (AvgIpc) is 3.74. The van der Waals surface area contributed by atoms with Crippen LogP contribution in [0.5, 0.6) is 23.0 Å². The highest BCUT2D eigenvalue weighted by molar-refractivity contribution is 5.63. The van der Waals surface area contributed by atoms with Gasteiger partial charge in [0.2, 0.25) is 0 Å². The van der Waals surface area contributed by atoms with E-state index < -0.39 is 0 Å². The zero-order valence-electron chi connectivity index (χ0n) is 21.2. The van der Waals surface area contributed by atoms with Gasteiger partial charge in [0.15, 0.2) is 0 Å². The Morgan fingerprint density at radius 2 is 0.816 bits per heavy atom. The minimum atomic E-state index is 0.130. The van der Waals surface area contributed by atoms with Crippen LogP contribution < -0.4 is 20.9 Å². The van der Waals surface area contributed by atoms with Crippen LogP contribution in [0.25, 0.3) is 0 Å². The standard InChI is InChI=1S/C30H32N2O6/c31-17-1-5-19(6-2-17)37-29-26(10-22-14-34-22)25(9-21-13-33-21)27(11-23-15-35-23)30(28(29)12-24-16-36-24)38-20-7-3-18(32)4-8-20/h1-8,21-24H,9-16,31-32H2. The number of benzene rings is 3. The minimum absolute atomic E-state index is 0.130. The van der Waals surface area contributed by atoms with Gasteiger partial charge in [0.1, 0.15) is 23.0 Å². The summed E-state index contributed by atoms with van der Waals surface area (Å²) in [6.07, 6.45) is 3.70. The summed E-state index contributed by atoms with van der Waals surface area (Å²) in [6, 6.07) is 15.0. The number of ether oxygens (including phenoxy) is 6. The van der Waals surface area contributed by atoms with E-state index in [1.807, 2.05) is 48.5 Å². The molecule has 0 saturated carbocycles. The molecule has 0 spiro atoms. The molecule has 4 N–H and O–H groups in total. The van der Waals surface area contributed by atoms with E-state index in [1.54, 1.807) is 0 Å². The van der Waals surface area contributed by atoms with Gasteiger partial charge in [-0.05, 0) is 54.1 Å². The zero-order valence-corrected chi connectivity index (χ0v) is 21.2. The summed E-state index contributed by atoms with van der Waals surface area (Å²) in [5.74, 6) is 3.09. The first-order valence-electron chi connectivity index (χ1n) is 13.3. The topological polar surface area (TPSA) is 121 Å². The van der Waals surface area contributed by atoms with E-state index in [2.05, 4.69) is 0 Å². The molecule has 38 heavy (non-hydrogen) atoms. The van der Waals surface area contributed by atoms with E-state index in [0.717, 1.165) is 85.4 Å². The molecule has 198 valence electrons. The van der Waals surface area contributed by atoms with Crippen molar-refractivity contribution >= 4 is 11.4 Å². The molecular formula is C30H32N2O6. The van der Waals surface area contributed by atoms with Gasteiger partial charge in [-0.1, -0.05) is 0 Å². The number of nitrogen functional groups attached to an aromatic ring is 2. The Morgan fingerprint density at radius 1 is 0.500 bits per heavy atom. The molecule has 0 aromatic heterocycles. The predicted octanol–water partition coefficient (Wildman–Crippen LogP) is 4.20. The third-order valence-corrected chi connectivity index (χ3v) is 7.36. The molecule has 7 rings (SSSR count). The van der Waals surface area contributed by atoms with Gasteiger partial charge >= 0.3 is 0 Å². The first-order valence-corrected chi connectivity index (χ1v) is 13.3. The lowest BCUT2D eigenvalue weighted by Gasteiger charge is -2.26. The monoisotopic (exact) mass is 516 g/mol. The van der Waals surface area contributed by atoms with Gasteiger partial charge in [-0.3, -0.25) is 0 Å². The van der Waals surface area contributed by atoms with Crippen molar-refractivity contribution in [1.82, 2.24) is 0 Å². The lowest BCUT2D eigenvalue weighted by molar-refractivity contribution is 0.380. The first-order chi connectivity index (χ1) is 18.6. The molecule has 0 amide bonds. The lowest BCUT2D eigenvalue weighted by atomic mass is 9.86. The fourth-order valence-corrected chi connectivity index (χ4v) is 5.00. The molecule has 4 unspecified atom stereocenters. The van der Waals surface area contributed by atoms with Crippen molar-refractivity contribution in [1.29, 1.82) is 0 Å². The number of epoxide rings is 4. The van der Waals surface area contributed by atoms with Crippen LogP contribution in [0.4, 0.5) is 11.4 Å². The highest BCUT2D eigenvalue weighted by Gasteiger charge is 2.38. The molecule has 4 fully saturated rings. The number of hydrogen-bond donors (Lipinski definition) is 2. The molecule has 4 saturated heterocycles. The Labute approximate surface area is 221 Å². The number of nitrogens with two attached hydrogens (primary N) is 2. The smallest absolute Gasteiger partial charge is 0.138 e. The second-order valence-electron chi connectivity index (χ2n) is 10.6. The van der Waals surface area contributed by atoms with Gasteiger partial charge < -0.3 is 39.9 Å². The van der Waals surface area contributed by atoms with E-state index in [9.17, 15) is 0 Å². The van der Waals surface area contributed by atoms with Crippen LogP contribution in [-0.2, 0) is 44.6 Å². The molecule has 4 aliphatic heterocycles. The Kier molecular flexibility index (Phi) is 6.12. The molecule has 4 atom stereocenters. The van der Waals surface area contributed by atoms with E-state index in [4.69, 9.17) is 39.9 Å². The molecule has 8 heteroatoms. The molecule has 0 radical (unpaired) electrons. The normalized spacial score (nSPS) is 24.6. The van der Waals surface area contributed by atoms with Crippen molar-refractivity contribution in [2.75, 3.05) is 37.9 Å². The summed E-state index contributed by atoms with van der Waals surface area (Å²) in [5.41, 5.74) is 17.9. The van der Waals surface area contributed by atoms with E-state index in [-0.39, 0.29) is 24.4 Å². The number of rotatable bonds is 12. The van der Waals surface area contributed by atoms with E-state index in [0.29, 0.717) is 17.8 Å². The van der Waals surface area contributed by atoms with Crippen LogP contribution in [0.15, 0.2) is 48.5 Å². The van der Waals surface area contributed by atoms with Gasteiger partial charge in [-0.15, -0.1) is 0 Å². The van der Waals surface area contributed by atoms with Crippen LogP contribution in [0, 0.1) is 0 Å². The SMILES string of the molecule is Nc1ccc(Oc2c(CC3CO3)c(CC3CO3)c(CC3CO3)c(Oc3ccc(N)cc3)c2CC2CO2)cc1. The van der Waals surface area contributed by atoms with E-state index in [1.165, 1.54) is 5.56 Å². The molecular weight excluding hydrogens is 484 g/mol. The molecule has 0 bridgehead atoms. The van der Waals surface area contributed by atoms with Gasteiger partial charge in [0.05, 0.1) is 50.8 Å². The zero-order chi connectivity index (χ0) is 25.6. The van der Waals surface area contributed by atoms with Crippen molar-refractivity contribution in [3.05, 3.63) is 70.8 Å². The fourth-order valence-electron chi connectivity index (χ4n) is 5.00. The largest absolute Gasteiger partial charge is 0.457 e. The fraction of sp³-hybridized carbons (Fsp3) is 0.400. The summed E-state index contributed by atoms with van der Waals surface area (Å²) < 4.78 is 36.3.